The minimum atomic E-state index is -0.479. The number of hydrogen-bond donors (Lipinski definition) is 1. The highest BCUT2D eigenvalue weighted by molar-refractivity contribution is 5.80. The van der Waals surface area contributed by atoms with Crippen molar-refractivity contribution in [2.24, 2.45) is 0 Å². The number of carbonyl (C=O) groups excluding carboxylic acids is 1. The van der Waals surface area contributed by atoms with E-state index in [1.807, 2.05) is 26.1 Å². The molecule has 0 bridgehead atoms. The standard InChI is InChI=1S/C17H28N2O2/c1-12(2)15-8-7-13(3)16(11-15)21-14(4)17(20)19(6)10-9-18-5/h7-8,11-12,14,18H,9-10H2,1-6H3. The number of ether oxygens (including phenoxy) is 1. The van der Waals surface area contributed by atoms with Crippen LogP contribution in [0.25, 0.3) is 0 Å². The maximum Gasteiger partial charge on any atom is 0.263 e. The van der Waals surface area contributed by atoms with Gasteiger partial charge in [0.15, 0.2) is 6.10 Å². The molecule has 1 atom stereocenters. The van der Waals surface area contributed by atoms with Crippen LogP contribution in [0.2, 0.25) is 0 Å². The van der Waals surface area contributed by atoms with Gasteiger partial charge in [-0.05, 0) is 44.0 Å². The number of likely N-dealkylation sites (N-methyl/N-ethyl adjacent to an activating group) is 2. The van der Waals surface area contributed by atoms with E-state index in [-0.39, 0.29) is 5.91 Å². The Balaban J connectivity index is 2.75. The average Bonchev–Trinajstić information content (AvgIpc) is 2.45. The molecule has 0 spiro atoms. The van der Waals surface area contributed by atoms with E-state index in [2.05, 4.69) is 25.2 Å². The second-order valence-corrected chi connectivity index (χ2v) is 5.80. The molecule has 0 saturated heterocycles. The Morgan fingerprint density at radius 3 is 2.57 bits per heavy atom. The third-order valence-corrected chi connectivity index (χ3v) is 3.60. The Morgan fingerprint density at radius 2 is 2.00 bits per heavy atom. The average molecular weight is 292 g/mol. The zero-order chi connectivity index (χ0) is 16.0. The second-order valence-electron chi connectivity index (χ2n) is 5.80. The molecule has 0 radical (unpaired) electrons. The van der Waals surface area contributed by atoms with E-state index in [1.165, 1.54) is 5.56 Å². The normalized spacial score (nSPS) is 12.3. The molecule has 21 heavy (non-hydrogen) atoms. The molecule has 0 aliphatic heterocycles. The SMILES string of the molecule is CNCCN(C)C(=O)C(C)Oc1cc(C(C)C)ccc1C. The summed E-state index contributed by atoms with van der Waals surface area (Å²) < 4.78 is 5.89. The Kier molecular flexibility index (Phi) is 6.69. The zero-order valence-corrected chi connectivity index (χ0v) is 14.1. The fourth-order valence-electron chi connectivity index (χ4n) is 2.04. The first-order valence-electron chi connectivity index (χ1n) is 7.53. The van der Waals surface area contributed by atoms with Gasteiger partial charge in [-0.1, -0.05) is 26.0 Å². The first-order chi connectivity index (χ1) is 9.86. The fourth-order valence-corrected chi connectivity index (χ4v) is 2.04. The second kappa shape index (κ2) is 8.03. The summed E-state index contributed by atoms with van der Waals surface area (Å²) in [5, 5.41) is 3.04. The van der Waals surface area contributed by atoms with Gasteiger partial charge in [0.05, 0.1) is 0 Å². The van der Waals surface area contributed by atoms with E-state index in [9.17, 15) is 4.79 Å². The molecule has 0 fully saturated rings. The number of nitrogens with one attached hydrogen (secondary N) is 1. The Hall–Kier alpha value is -1.55. The van der Waals surface area contributed by atoms with E-state index in [4.69, 9.17) is 4.74 Å². The van der Waals surface area contributed by atoms with E-state index in [0.717, 1.165) is 17.9 Å². The fraction of sp³-hybridized carbons (Fsp3) is 0.588. The molecule has 0 heterocycles. The summed E-state index contributed by atoms with van der Waals surface area (Å²) >= 11 is 0. The Morgan fingerprint density at radius 1 is 1.33 bits per heavy atom. The summed E-state index contributed by atoms with van der Waals surface area (Å²) in [6.45, 7) is 9.55. The van der Waals surface area contributed by atoms with Crippen LogP contribution in [0.1, 0.15) is 37.8 Å². The quantitative estimate of drug-likeness (QED) is 0.840. The number of nitrogens with zero attached hydrogens (tertiary/aromatic N) is 1. The predicted octanol–water partition coefficient (Wildman–Crippen LogP) is 2.56. The molecular formula is C17H28N2O2. The number of amides is 1. The Labute approximate surface area is 128 Å². The van der Waals surface area contributed by atoms with Gasteiger partial charge in [-0.15, -0.1) is 0 Å². The van der Waals surface area contributed by atoms with Gasteiger partial charge in [0.1, 0.15) is 5.75 Å². The van der Waals surface area contributed by atoms with E-state index in [0.29, 0.717) is 12.5 Å². The maximum atomic E-state index is 12.3. The largest absolute Gasteiger partial charge is 0.481 e. The van der Waals surface area contributed by atoms with E-state index >= 15 is 0 Å². The van der Waals surface area contributed by atoms with Gasteiger partial charge in [0.2, 0.25) is 0 Å². The van der Waals surface area contributed by atoms with Crippen molar-refractivity contribution in [3.05, 3.63) is 29.3 Å². The van der Waals surface area contributed by atoms with Crippen molar-refractivity contribution < 1.29 is 9.53 Å². The molecule has 1 amide bonds. The van der Waals surface area contributed by atoms with Crippen LogP contribution in [-0.2, 0) is 4.79 Å². The van der Waals surface area contributed by atoms with Gasteiger partial charge < -0.3 is 15.0 Å². The maximum absolute atomic E-state index is 12.3. The van der Waals surface area contributed by atoms with Gasteiger partial charge in [0, 0.05) is 20.1 Å². The van der Waals surface area contributed by atoms with Crippen LogP contribution in [0, 0.1) is 6.92 Å². The lowest BCUT2D eigenvalue weighted by molar-refractivity contribution is -0.136. The molecule has 0 aromatic heterocycles. The molecule has 1 rings (SSSR count). The summed E-state index contributed by atoms with van der Waals surface area (Å²) in [4.78, 5) is 14.0. The van der Waals surface area contributed by atoms with Crippen LogP contribution in [0.15, 0.2) is 18.2 Å². The minimum Gasteiger partial charge on any atom is -0.481 e. The molecule has 1 N–H and O–H groups in total. The molecule has 1 aromatic carbocycles. The summed E-state index contributed by atoms with van der Waals surface area (Å²) in [5.41, 5.74) is 2.27. The molecule has 1 aromatic rings. The monoisotopic (exact) mass is 292 g/mol. The van der Waals surface area contributed by atoms with Crippen LogP contribution < -0.4 is 10.1 Å². The number of hydrogen-bond acceptors (Lipinski definition) is 3. The van der Waals surface area contributed by atoms with Crippen molar-refractivity contribution in [3.63, 3.8) is 0 Å². The lowest BCUT2D eigenvalue weighted by Gasteiger charge is -2.23. The minimum absolute atomic E-state index is 0.000370. The summed E-state index contributed by atoms with van der Waals surface area (Å²) in [5.74, 6) is 1.24. The first-order valence-corrected chi connectivity index (χ1v) is 7.53. The van der Waals surface area contributed by atoms with Gasteiger partial charge >= 0.3 is 0 Å². The van der Waals surface area contributed by atoms with Crippen molar-refractivity contribution in [1.29, 1.82) is 0 Å². The highest BCUT2D eigenvalue weighted by atomic mass is 16.5. The lowest BCUT2D eigenvalue weighted by Crippen LogP contribution is -2.40. The molecule has 0 aliphatic rings. The van der Waals surface area contributed by atoms with Crippen LogP contribution in [0.3, 0.4) is 0 Å². The molecule has 1 unspecified atom stereocenters. The molecular weight excluding hydrogens is 264 g/mol. The van der Waals surface area contributed by atoms with Crippen LogP contribution in [-0.4, -0.2) is 44.1 Å². The molecule has 4 nitrogen and oxygen atoms in total. The van der Waals surface area contributed by atoms with Crippen molar-refractivity contribution in [3.8, 4) is 5.75 Å². The van der Waals surface area contributed by atoms with Crippen molar-refractivity contribution in [2.45, 2.75) is 39.7 Å². The highest BCUT2D eigenvalue weighted by Crippen LogP contribution is 2.25. The smallest absolute Gasteiger partial charge is 0.263 e. The third kappa shape index (κ3) is 5.05. The molecule has 118 valence electrons. The zero-order valence-electron chi connectivity index (χ0n) is 14.1. The van der Waals surface area contributed by atoms with Crippen molar-refractivity contribution in [2.75, 3.05) is 27.2 Å². The summed E-state index contributed by atoms with van der Waals surface area (Å²) in [6, 6.07) is 6.20. The van der Waals surface area contributed by atoms with E-state index < -0.39 is 6.10 Å². The molecule has 0 saturated carbocycles. The van der Waals surface area contributed by atoms with Gasteiger partial charge in [-0.2, -0.15) is 0 Å². The van der Waals surface area contributed by atoms with Crippen LogP contribution >= 0.6 is 0 Å². The van der Waals surface area contributed by atoms with Gasteiger partial charge in [-0.25, -0.2) is 0 Å². The molecule has 0 aliphatic carbocycles. The third-order valence-electron chi connectivity index (χ3n) is 3.60. The first kappa shape index (κ1) is 17.5. The Bertz CT molecular complexity index is 472. The molecule has 4 heteroatoms. The van der Waals surface area contributed by atoms with Crippen molar-refractivity contribution >= 4 is 5.91 Å². The van der Waals surface area contributed by atoms with Crippen LogP contribution in [0.4, 0.5) is 0 Å². The topological polar surface area (TPSA) is 41.6 Å². The van der Waals surface area contributed by atoms with Gasteiger partial charge in [0.25, 0.3) is 5.91 Å². The number of benzene rings is 1. The van der Waals surface area contributed by atoms with E-state index in [1.54, 1.807) is 18.9 Å². The highest BCUT2D eigenvalue weighted by Gasteiger charge is 2.19. The summed E-state index contributed by atoms with van der Waals surface area (Å²) in [6.07, 6.45) is -0.479. The number of rotatable bonds is 7. The number of carbonyl (C=O) groups is 1. The lowest BCUT2D eigenvalue weighted by atomic mass is 10.0. The van der Waals surface area contributed by atoms with Gasteiger partial charge in [-0.3, -0.25) is 4.79 Å². The summed E-state index contributed by atoms with van der Waals surface area (Å²) in [7, 11) is 3.68. The predicted molar refractivity (Wildman–Crippen MR) is 86.9 cm³/mol. The number of aryl methyl sites for hydroxylation is 1. The van der Waals surface area contributed by atoms with Crippen molar-refractivity contribution in [1.82, 2.24) is 10.2 Å². The van der Waals surface area contributed by atoms with Crippen LogP contribution in [0.5, 0.6) is 5.75 Å².